The Morgan fingerprint density at radius 2 is 2.03 bits per heavy atom. The van der Waals surface area contributed by atoms with Crippen LogP contribution in [0.15, 0.2) is 47.0 Å². The van der Waals surface area contributed by atoms with Crippen LogP contribution in [-0.4, -0.2) is 37.2 Å². The predicted molar refractivity (Wildman–Crippen MR) is 113 cm³/mol. The summed E-state index contributed by atoms with van der Waals surface area (Å²) >= 11 is 14.1. The number of urea groups is 1. The zero-order chi connectivity index (χ0) is 21.0. The number of halogens is 2. The molecule has 0 saturated heterocycles. The fourth-order valence-electron chi connectivity index (χ4n) is 3.07. The number of allylic oxidation sites excluding steroid dienone is 1. The molecule has 29 heavy (non-hydrogen) atoms. The van der Waals surface area contributed by atoms with Crippen molar-refractivity contribution in [3.63, 3.8) is 0 Å². The number of rotatable bonds is 7. The van der Waals surface area contributed by atoms with Crippen LogP contribution in [0, 0.1) is 0 Å². The molecule has 1 aromatic heterocycles. The van der Waals surface area contributed by atoms with E-state index in [1.807, 2.05) is 17.5 Å². The second kappa shape index (κ2) is 9.63. The number of hydrogen-bond donors (Lipinski definition) is 1. The van der Waals surface area contributed by atoms with Gasteiger partial charge in [0.05, 0.1) is 34.8 Å². The van der Waals surface area contributed by atoms with E-state index in [9.17, 15) is 9.59 Å². The van der Waals surface area contributed by atoms with E-state index >= 15 is 0 Å². The number of hydrogen-bond acceptors (Lipinski definition) is 5. The van der Waals surface area contributed by atoms with Gasteiger partial charge in [-0.15, -0.1) is 11.3 Å². The molecular weight excluding hydrogens is 435 g/mol. The summed E-state index contributed by atoms with van der Waals surface area (Å²) in [5, 5.41) is 5.42. The molecule has 2 heterocycles. The number of carbonyl (C=O) groups excluding carboxylic acids is 2. The lowest BCUT2D eigenvalue weighted by atomic mass is 9.94. The maximum Gasteiger partial charge on any atom is 0.338 e. The van der Waals surface area contributed by atoms with Crippen LogP contribution in [0.1, 0.15) is 23.4 Å². The Balaban J connectivity index is 2.02. The smallest absolute Gasteiger partial charge is 0.338 e. The van der Waals surface area contributed by atoms with Gasteiger partial charge in [-0.2, -0.15) is 0 Å². The van der Waals surface area contributed by atoms with Crippen LogP contribution in [-0.2, 0) is 20.8 Å². The summed E-state index contributed by atoms with van der Waals surface area (Å²) in [4.78, 5) is 28.3. The Morgan fingerprint density at radius 3 is 2.72 bits per heavy atom. The van der Waals surface area contributed by atoms with Crippen molar-refractivity contribution in [1.29, 1.82) is 0 Å². The summed E-state index contributed by atoms with van der Waals surface area (Å²) in [5.41, 5.74) is 1.34. The maximum absolute atomic E-state index is 12.9. The van der Waals surface area contributed by atoms with Gasteiger partial charge in [-0.05, 0) is 30.0 Å². The average molecular weight is 455 g/mol. The summed E-state index contributed by atoms with van der Waals surface area (Å²) in [6.07, 6.45) is 0. The number of ether oxygens (including phenoxy) is 2. The predicted octanol–water partition coefficient (Wildman–Crippen LogP) is 4.79. The van der Waals surface area contributed by atoms with Crippen molar-refractivity contribution in [2.24, 2.45) is 0 Å². The fourth-order valence-corrected chi connectivity index (χ4v) is 4.18. The van der Waals surface area contributed by atoms with Crippen molar-refractivity contribution < 1.29 is 19.1 Å². The minimum atomic E-state index is -0.775. The highest BCUT2D eigenvalue weighted by Gasteiger charge is 2.37. The highest BCUT2D eigenvalue weighted by molar-refractivity contribution is 7.09. The molecule has 0 radical (unpaired) electrons. The average Bonchev–Trinajstić information content (AvgIpc) is 3.20. The lowest BCUT2D eigenvalue weighted by Crippen LogP contribution is -2.47. The van der Waals surface area contributed by atoms with E-state index in [1.54, 1.807) is 25.1 Å². The SMILES string of the molecule is COCCOC(=O)C1=C(C)N(Cc2cccs2)C(=O)NC1c1cccc(Cl)c1Cl. The third-order valence-corrected chi connectivity index (χ3v) is 6.22. The third kappa shape index (κ3) is 4.75. The molecule has 0 spiro atoms. The lowest BCUT2D eigenvalue weighted by molar-refractivity contribution is -0.140. The number of esters is 1. The van der Waals surface area contributed by atoms with Crippen molar-refractivity contribution in [3.05, 3.63) is 67.5 Å². The molecule has 9 heteroatoms. The summed E-state index contributed by atoms with van der Waals surface area (Å²) in [6.45, 7) is 2.44. The molecule has 1 aliphatic heterocycles. The van der Waals surface area contributed by atoms with Gasteiger partial charge in [-0.1, -0.05) is 41.4 Å². The molecule has 6 nitrogen and oxygen atoms in total. The Kier molecular flexibility index (Phi) is 7.18. The number of amides is 2. The van der Waals surface area contributed by atoms with Gasteiger partial charge in [0, 0.05) is 17.7 Å². The molecular formula is C20H20Cl2N2O4S. The first kappa shape index (κ1) is 21.6. The van der Waals surface area contributed by atoms with Crippen LogP contribution >= 0.6 is 34.5 Å². The topological polar surface area (TPSA) is 67.9 Å². The van der Waals surface area contributed by atoms with Gasteiger partial charge in [0.1, 0.15) is 6.61 Å². The Labute approximate surface area is 183 Å². The number of benzene rings is 1. The Hall–Kier alpha value is -2.06. The third-order valence-electron chi connectivity index (χ3n) is 4.52. The minimum absolute atomic E-state index is 0.0982. The van der Waals surface area contributed by atoms with E-state index in [0.717, 1.165) is 4.88 Å². The van der Waals surface area contributed by atoms with Crippen molar-refractivity contribution in [2.75, 3.05) is 20.3 Å². The van der Waals surface area contributed by atoms with Gasteiger partial charge in [-0.25, -0.2) is 9.59 Å². The van der Waals surface area contributed by atoms with E-state index in [4.69, 9.17) is 32.7 Å². The fraction of sp³-hybridized carbons (Fsp3) is 0.300. The normalized spacial score (nSPS) is 16.8. The van der Waals surface area contributed by atoms with Gasteiger partial charge in [-0.3, -0.25) is 4.90 Å². The van der Waals surface area contributed by atoms with Crippen molar-refractivity contribution in [1.82, 2.24) is 10.2 Å². The highest BCUT2D eigenvalue weighted by Crippen LogP contribution is 2.38. The molecule has 0 bridgehead atoms. The molecule has 1 N–H and O–H groups in total. The van der Waals surface area contributed by atoms with Gasteiger partial charge in [0.2, 0.25) is 0 Å². The van der Waals surface area contributed by atoms with Crippen LogP contribution in [0.2, 0.25) is 10.0 Å². The molecule has 1 aromatic carbocycles. The standard InChI is InChI=1S/C20H20Cl2N2O4S/c1-12-16(19(25)28-9-8-27-2)18(14-6-3-7-15(21)17(14)22)23-20(26)24(12)11-13-5-4-10-29-13/h3-7,10,18H,8-9,11H2,1-2H3,(H,23,26). The van der Waals surface area contributed by atoms with Gasteiger partial charge < -0.3 is 14.8 Å². The van der Waals surface area contributed by atoms with Crippen LogP contribution in [0.4, 0.5) is 4.79 Å². The number of carbonyl (C=O) groups is 2. The zero-order valence-electron chi connectivity index (χ0n) is 15.9. The van der Waals surface area contributed by atoms with Gasteiger partial charge in [0.15, 0.2) is 0 Å². The number of methoxy groups -OCH3 is 1. The molecule has 3 rings (SSSR count). The molecule has 0 fully saturated rings. The van der Waals surface area contributed by atoms with E-state index in [2.05, 4.69) is 5.32 Å². The molecule has 1 aliphatic rings. The summed E-state index contributed by atoms with van der Waals surface area (Å²) in [7, 11) is 1.52. The number of thiophene rings is 1. The summed E-state index contributed by atoms with van der Waals surface area (Å²) in [5.74, 6) is -0.545. The molecule has 1 unspecified atom stereocenters. The monoisotopic (exact) mass is 454 g/mol. The van der Waals surface area contributed by atoms with E-state index in [1.165, 1.54) is 23.3 Å². The van der Waals surface area contributed by atoms with E-state index in [0.29, 0.717) is 28.4 Å². The maximum atomic E-state index is 12.9. The van der Waals surface area contributed by atoms with Gasteiger partial charge in [0.25, 0.3) is 0 Å². The van der Waals surface area contributed by atoms with E-state index in [-0.39, 0.29) is 24.3 Å². The lowest BCUT2D eigenvalue weighted by Gasteiger charge is -2.35. The minimum Gasteiger partial charge on any atom is -0.460 e. The molecule has 154 valence electrons. The Bertz CT molecular complexity index is 931. The quantitative estimate of drug-likeness (QED) is 0.482. The van der Waals surface area contributed by atoms with Crippen LogP contribution < -0.4 is 5.32 Å². The van der Waals surface area contributed by atoms with Crippen LogP contribution in [0.3, 0.4) is 0 Å². The largest absolute Gasteiger partial charge is 0.460 e. The molecule has 1 atom stereocenters. The molecule has 0 aliphatic carbocycles. The number of nitrogens with zero attached hydrogens (tertiary/aromatic N) is 1. The van der Waals surface area contributed by atoms with Crippen molar-refractivity contribution >= 4 is 46.5 Å². The zero-order valence-corrected chi connectivity index (χ0v) is 18.2. The molecule has 2 aromatic rings. The molecule has 2 amide bonds. The first-order valence-corrected chi connectivity index (χ1v) is 10.5. The van der Waals surface area contributed by atoms with Crippen molar-refractivity contribution in [3.8, 4) is 0 Å². The first-order chi connectivity index (χ1) is 13.9. The van der Waals surface area contributed by atoms with Crippen LogP contribution in [0.25, 0.3) is 0 Å². The molecule has 0 saturated carbocycles. The second-order valence-electron chi connectivity index (χ2n) is 6.32. The first-order valence-electron chi connectivity index (χ1n) is 8.85. The Morgan fingerprint density at radius 1 is 1.24 bits per heavy atom. The summed E-state index contributed by atoms with van der Waals surface area (Å²) < 4.78 is 10.3. The van der Waals surface area contributed by atoms with Crippen molar-refractivity contribution in [2.45, 2.75) is 19.5 Å². The highest BCUT2D eigenvalue weighted by atomic mass is 35.5. The van der Waals surface area contributed by atoms with Gasteiger partial charge >= 0.3 is 12.0 Å². The summed E-state index contributed by atoms with van der Waals surface area (Å²) in [6, 6.07) is 7.83. The number of nitrogens with one attached hydrogen (secondary N) is 1. The van der Waals surface area contributed by atoms with Crippen LogP contribution in [0.5, 0.6) is 0 Å². The van der Waals surface area contributed by atoms with E-state index < -0.39 is 12.0 Å². The second-order valence-corrected chi connectivity index (χ2v) is 8.14.